The fourth-order valence-electron chi connectivity index (χ4n) is 2.30. The Labute approximate surface area is 102 Å². The van der Waals surface area contributed by atoms with Crippen molar-refractivity contribution in [2.75, 3.05) is 18.0 Å². The molecule has 7 heteroatoms. The summed E-state index contributed by atoms with van der Waals surface area (Å²) in [4.78, 5) is 11.9. The molecule has 2 rings (SSSR count). The van der Waals surface area contributed by atoms with Gasteiger partial charge in [-0.25, -0.2) is 8.78 Å². The van der Waals surface area contributed by atoms with E-state index in [9.17, 15) is 18.9 Å². The summed E-state index contributed by atoms with van der Waals surface area (Å²) in [6, 6.07) is 1.44. The SMILES string of the molecule is NCC1CCCN1c1cc(F)c(F)cc1[N+](=O)[O-]. The van der Waals surface area contributed by atoms with Gasteiger partial charge in [-0.2, -0.15) is 0 Å². The summed E-state index contributed by atoms with van der Waals surface area (Å²) in [6.07, 6.45) is 1.63. The molecule has 2 N–H and O–H groups in total. The van der Waals surface area contributed by atoms with Crippen molar-refractivity contribution in [3.63, 3.8) is 0 Å². The highest BCUT2D eigenvalue weighted by atomic mass is 19.2. The summed E-state index contributed by atoms with van der Waals surface area (Å²) < 4.78 is 26.3. The van der Waals surface area contributed by atoms with Crippen LogP contribution in [0.1, 0.15) is 12.8 Å². The maximum Gasteiger partial charge on any atom is 0.295 e. The fraction of sp³-hybridized carbons (Fsp3) is 0.455. The molecule has 1 unspecified atom stereocenters. The van der Waals surface area contributed by atoms with Crippen LogP contribution in [0, 0.1) is 21.7 Å². The third-order valence-corrected chi connectivity index (χ3v) is 3.17. The van der Waals surface area contributed by atoms with Gasteiger partial charge < -0.3 is 10.6 Å². The monoisotopic (exact) mass is 257 g/mol. The van der Waals surface area contributed by atoms with E-state index < -0.39 is 22.2 Å². The van der Waals surface area contributed by atoms with E-state index in [-0.39, 0.29) is 11.7 Å². The molecule has 1 atom stereocenters. The number of hydrogen-bond acceptors (Lipinski definition) is 4. The van der Waals surface area contributed by atoms with Crippen molar-refractivity contribution >= 4 is 11.4 Å². The Morgan fingerprint density at radius 1 is 1.44 bits per heavy atom. The molecule has 0 aliphatic carbocycles. The molecular formula is C11H13F2N3O2. The lowest BCUT2D eigenvalue weighted by Gasteiger charge is -2.25. The van der Waals surface area contributed by atoms with Crippen molar-refractivity contribution in [2.24, 2.45) is 5.73 Å². The molecule has 0 aromatic heterocycles. The molecule has 1 aromatic carbocycles. The predicted molar refractivity (Wildman–Crippen MR) is 62.4 cm³/mol. The van der Waals surface area contributed by atoms with Gasteiger partial charge in [-0.3, -0.25) is 10.1 Å². The number of benzene rings is 1. The smallest absolute Gasteiger partial charge is 0.295 e. The van der Waals surface area contributed by atoms with Crippen LogP contribution in [-0.2, 0) is 0 Å². The van der Waals surface area contributed by atoms with Crippen molar-refractivity contribution in [3.8, 4) is 0 Å². The Balaban J connectivity index is 2.48. The molecule has 18 heavy (non-hydrogen) atoms. The second-order valence-electron chi connectivity index (χ2n) is 4.24. The standard InChI is InChI=1S/C11H13F2N3O2/c12-8-4-10(11(16(17)18)5-9(8)13)15-3-1-2-7(15)6-14/h4-5,7H,1-3,6,14H2. The van der Waals surface area contributed by atoms with E-state index in [1.807, 2.05) is 0 Å². The van der Waals surface area contributed by atoms with Gasteiger partial charge in [0.15, 0.2) is 11.6 Å². The second kappa shape index (κ2) is 4.85. The van der Waals surface area contributed by atoms with Crippen LogP contribution in [-0.4, -0.2) is 24.1 Å². The van der Waals surface area contributed by atoms with E-state index in [0.29, 0.717) is 19.2 Å². The number of nitro groups is 1. The largest absolute Gasteiger partial charge is 0.362 e. The van der Waals surface area contributed by atoms with Crippen LogP contribution in [0.4, 0.5) is 20.2 Å². The van der Waals surface area contributed by atoms with Gasteiger partial charge >= 0.3 is 0 Å². The van der Waals surface area contributed by atoms with E-state index in [1.54, 1.807) is 4.90 Å². The quantitative estimate of drug-likeness (QED) is 0.662. The van der Waals surface area contributed by atoms with Crippen LogP contribution < -0.4 is 10.6 Å². The molecule has 1 fully saturated rings. The normalized spacial score (nSPS) is 19.3. The average Bonchev–Trinajstić information content (AvgIpc) is 2.79. The first-order valence-electron chi connectivity index (χ1n) is 5.64. The van der Waals surface area contributed by atoms with Crippen LogP contribution in [0.2, 0.25) is 0 Å². The molecule has 0 bridgehead atoms. The van der Waals surface area contributed by atoms with Crippen molar-refractivity contribution < 1.29 is 13.7 Å². The number of nitrogens with zero attached hydrogens (tertiary/aromatic N) is 2. The number of rotatable bonds is 3. The third-order valence-electron chi connectivity index (χ3n) is 3.17. The molecule has 0 saturated carbocycles. The average molecular weight is 257 g/mol. The van der Waals surface area contributed by atoms with Crippen LogP contribution in [0.25, 0.3) is 0 Å². The Morgan fingerprint density at radius 3 is 2.72 bits per heavy atom. The number of nitro benzene ring substituents is 1. The molecule has 1 aliphatic rings. The zero-order chi connectivity index (χ0) is 13.3. The Kier molecular flexibility index (Phi) is 3.42. The minimum absolute atomic E-state index is 0.0615. The first kappa shape index (κ1) is 12.7. The van der Waals surface area contributed by atoms with Gasteiger partial charge in [-0.15, -0.1) is 0 Å². The lowest BCUT2D eigenvalue weighted by atomic mass is 10.2. The minimum Gasteiger partial charge on any atom is -0.362 e. The number of hydrogen-bond donors (Lipinski definition) is 1. The number of halogens is 2. The van der Waals surface area contributed by atoms with E-state index in [2.05, 4.69) is 0 Å². The van der Waals surface area contributed by atoms with Crippen molar-refractivity contribution in [1.29, 1.82) is 0 Å². The first-order valence-corrected chi connectivity index (χ1v) is 5.64. The van der Waals surface area contributed by atoms with Crippen molar-refractivity contribution in [3.05, 3.63) is 33.9 Å². The number of nitrogens with two attached hydrogens (primary N) is 1. The fourth-order valence-corrected chi connectivity index (χ4v) is 2.30. The van der Waals surface area contributed by atoms with Gasteiger partial charge in [0.25, 0.3) is 5.69 Å². The van der Waals surface area contributed by atoms with Crippen molar-refractivity contribution in [2.45, 2.75) is 18.9 Å². The zero-order valence-corrected chi connectivity index (χ0v) is 9.60. The summed E-state index contributed by atoms with van der Waals surface area (Å²) in [7, 11) is 0. The second-order valence-corrected chi connectivity index (χ2v) is 4.24. The van der Waals surface area contributed by atoms with Crippen molar-refractivity contribution in [1.82, 2.24) is 0 Å². The molecule has 1 heterocycles. The van der Waals surface area contributed by atoms with E-state index in [1.165, 1.54) is 0 Å². The van der Waals surface area contributed by atoms with Gasteiger partial charge in [0.2, 0.25) is 0 Å². The summed E-state index contributed by atoms with van der Waals surface area (Å²) in [6.45, 7) is 0.893. The molecule has 1 aliphatic heterocycles. The van der Waals surface area contributed by atoms with Gasteiger partial charge in [0.1, 0.15) is 5.69 Å². The van der Waals surface area contributed by atoms with Crippen LogP contribution in [0.15, 0.2) is 12.1 Å². The third kappa shape index (κ3) is 2.13. The Hall–Kier alpha value is -1.76. The molecule has 98 valence electrons. The molecule has 0 radical (unpaired) electrons. The van der Waals surface area contributed by atoms with Crippen LogP contribution in [0.3, 0.4) is 0 Å². The highest BCUT2D eigenvalue weighted by Crippen LogP contribution is 2.34. The maximum absolute atomic E-state index is 13.3. The van der Waals surface area contributed by atoms with Gasteiger partial charge in [0.05, 0.1) is 11.0 Å². The Morgan fingerprint density at radius 2 is 2.11 bits per heavy atom. The summed E-state index contributed by atoms with van der Waals surface area (Å²) in [5.41, 5.74) is 5.26. The molecular weight excluding hydrogens is 244 g/mol. The topological polar surface area (TPSA) is 72.4 Å². The van der Waals surface area contributed by atoms with Gasteiger partial charge in [-0.1, -0.05) is 0 Å². The summed E-state index contributed by atoms with van der Waals surface area (Å²) >= 11 is 0. The van der Waals surface area contributed by atoms with Gasteiger partial charge in [-0.05, 0) is 12.8 Å². The highest BCUT2D eigenvalue weighted by molar-refractivity contribution is 5.64. The van der Waals surface area contributed by atoms with E-state index in [4.69, 9.17) is 5.73 Å². The van der Waals surface area contributed by atoms with Gasteiger partial charge in [0, 0.05) is 25.2 Å². The molecule has 0 amide bonds. The molecule has 5 nitrogen and oxygen atoms in total. The lowest BCUT2D eigenvalue weighted by Crippen LogP contribution is -2.35. The van der Waals surface area contributed by atoms with E-state index in [0.717, 1.165) is 18.9 Å². The number of anilines is 1. The van der Waals surface area contributed by atoms with Crippen LogP contribution >= 0.6 is 0 Å². The maximum atomic E-state index is 13.3. The molecule has 1 saturated heterocycles. The minimum atomic E-state index is -1.21. The molecule has 1 aromatic rings. The molecule has 0 spiro atoms. The predicted octanol–water partition coefficient (Wildman–Crippen LogP) is 1.80. The van der Waals surface area contributed by atoms with Crippen LogP contribution in [0.5, 0.6) is 0 Å². The lowest BCUT2D eigenvalue weighted by molar-refractivity contribution is -0.384. The first-order chi connectivity index (χ1) is 8.54. The Bertz CT molecular complexity index is 482. The summed E-state index contributed by atoms with van der Waals surface area (Å²) in [5, 5.41) is 10.9. The van der Waals surface area contributed by atoms with E-state index >= 15 is 0 Å². The summed E-state index contributed by atoms with van der Waals surface area (Å²) in [5.74, 6) is -2.30. The zero-order valence-electron chi connectivity index (χ0n) is 9.60. The highest BCUT2D eigenvalue weighted by Gasteiger charge is 2.30.